The Labute approximate surface area is 397 Å². The lowest BCUT2D eigenvalue weighted by Gasteiger charge is -1.94. The zero-order chi connectivity index (χ0) is 39.7. The number of halogens is 4. The third-order valence-electron chi connectivity index (χ3n) is 6.75. The van der Waals surface area contributed by atoms with Crippen molar-refractivity contribution in [2.24, 2.45) is 5.16 Å². The van der Waals surface area contributed by atoms with Crippen LogP contribution in [0.25, 0.3) is 27.6 Å². The third kappa shape index (κ3) is 21.3. The summed E-state index contributed by atoms with van der Waals surface area (Å²) < 4.78 is 10.1. The van der Waals surface area contributed by atoms with Crippen molar-refractivity contribution in [3.63, 3.8) is 0 Å². The predicted octanol–water partition coefficient (Wildman–Crippen LogP) is 14.9. The van der Waals surface area contributed by atoms with Gasteiger partial charge in [-0.2, -0.15) is 0 Å². The molecule has 6 aromatic carbocycles. The molecule has 1 aromatic heterocycles. The second kappa shape index (κ2) is 31.4. The summed E-state index contributed by atoms with van der Waals surface area (Å²) in [7, 11) is 0. The molecular weight excluding hydrogens is 1160 g/mol. The topological polar surface area (TPSA) is 103 Å². The van der Waals surface area contributed by atoms with Gasteiger partial charge in [0.05, 0.1) is 6.21 Å². The minimum Gasteiger partial charge on any atom is -0.498 e. The molecule has 58 heavy (non-hydrogen) atoms. The van der Waals surface area contributed by atoms with Crippen molar-refractivity contribution in [3.05, 3.63) is 211 Å². The van der Waals surface area contributed by atoms with Crippen LogP contribution in [0.15, 0.2) is 173 Å². The molecule has 7 nitrogen and oxygen atoms in total. The molecule has 0 unspecified atom stereocenters. The number of hydrogen-bond donors (Lipinski definition) is 1. The van der Waals surface area contributed by atoms with Crippen LogP contribution >= 0.6 is 90.4 Å². The molecule has 0 bridgehead atoms. The molecule has 0 aliphatic carbocycles. The number of aldehydes is 1. The first-order valence-corrected chi connectivity index (χ1v) is 20.3. The van der Waals surface area contributed by atoms with Gasteiger partial charge in [-0.1, -0.05) is 123 Å². The number of nitrogens with zero attached hydrogens (tertiary/aromatic N) is 3. The first-order valence-electron chi connectivity index (χ1n) is 16.0. The maximum atomic E-state index is 10.1. The zero-order valence-electron chi connectivity index (χ0n) is 28.8. The second-order valence-electron chi connectivity index (χ2n) is 10.6. The van der Waals surface area contributed by atoms with Gasteiger partial charge in [0.15, 0.2) is 5.76 Å². The Kier molecular flexibility index (Phi) is 29.0. The molecule has 0 fully saturated rings. The number of carbonyl (C=O) groups is 1. The molecule has 0 amide bonds. The molecule has 7 rings (SSSR count). The molecule has 0 aliphatic rings. The second-order valence-corrected chi connectivity index (χ2v) is 15.6. The van der Waals surface area contributed by atoms with Gasteiger partial charge in [-0.05, 0) is 169 Å². The summed E-state index contributed by atoms with van der Waals surface area (Å²) in [5.74, 6) is 3.32. The minimum atomic E-state index is 0. The van der Waals surface area contributed by atoms with E-state index in [1.807, 2.05) is 115 Å². The van der Waals surface area contributed by atoms with E-state index in [0.29, 0.717) is 0 Å². The fraction of sp³-hybridized carbons (Fsp3) is 0.0638. The Morgan fingerprint density at radius 1 is 0.621 bits per heavy atom. The first kappa shape index (κ1) is 53.4. The van der Waals surface area contributed by atoms with Gasteiger partial charge >= 0.3 is 6.07 Å². The van der Waals surface area contributed by atoms with Gasteiger partial charge in [0, 0.05) is 47.6 Å². The summed E-state index contributed by atoms with van der Waals surface area (Å²) in [4.78, 5) is 10.1. The van der Waals surface area contributed by atoms with Gasteiger partial charge in [0.25, 0.3) is 0 Å². The maximum Gasteiger partial charge on any atom is 0.336 e. The number of rotatable bonds is 4. The average Bonchev–Trinajstić information content (AvgIpc) is 3.73. The lowest BCUT2D eigenvalue weighted by Crippen LogP contribution is -1.79. The fourth-order valence-electron chi connectivity index (χ4n) is 4.04. The number of oxime groups is 1. The number of benzene rings is 6. The van der Waals surface area contributed by atoms with Crippen LogP contribution in [0.1, 0.15) is 49.3 Å². The van der Waals surface area contributed by atoms with Crippen molar-refractivity contribution in [2.45, 2.75) is 22.3 Å². The summed E-state index contributed by atoms with van der Waals surface area (Å²) in [5.41, 5.74) is 6.27. The largest absolute Gasteiger partial charge is 0.498 e. The molecule has 1 heterocycles. The predicted molar refractivity (Wildman–Crippen MR) is 277 cm³/mol. The van der Waals surface area contributed by atoms with Crippen molar-refractivity contribution in [3.8, 4) is 41.0 Å². The van der Waals surface area contributed by atoms with Crippen LogP contribution in [-0.4, -0.2) is 22.9 Å². The van der Waals surface area contributed by atoms with E-state index >= 15 is 0 Å². The van der Waals surface area contributed by atoms with Gasteiger partial charge in [0.2, 0.25) is 0 Å². The van der Waals surface area contributed by atoms with E-state index in [4.69, 9.17) is 16.2 Å². The molecule has 298 valence electrons. The van der Waals surface area contributed by atoms with Crippen LogP contribution < -0.4 is 0 Å². The zero-order valence-corrected chi connectivity index (χ0v) is 37.5. The van der Waals surface area contributed by atoms with Gasteiger partial charge in [0.1, 0.15) is 17.5 Å². The summed E-state index contributed by atoms with van der Waals surface area (Å²) in [5, 5.41) is 27.4. The Morgan fingerprint density at radius 2 is 1.07 bits per heavy atom. The molecule has 0 aliphatic heterocycles. The molecule has 0 spiro atoms. The van der Waals surface area contributed by atoms with Crippen LogP contribution in [0.5, 0.6) is 0 Å². The van der Waals surface area contributed by atoms with Crippen molar-refractivity contribution in [1.29, 1.82) is 0 Å². The van der Waals surface area contributed by atoms with Crippen LogP contribution in [0.4, 0.5) is 0 Å². The van der Waals surface area contributed by atoms with Gasteiger partial charge < -0.3 is 14.9 Å². The molecular formula is C47H43I4N3O4. The Morgan fingerprint density at radius 3 is 1.50 bits per heavy atom. The first-order chi connectivity index (χ1) is 26.7. The third-order valence-corrected chi connectivity index (χ3v) is 9.63. The van der Waals surface area contributed by atoms with Crippen LogP contribution in [-0.2, 0) is 0 Å². The van der Waals surface area contributed by atoms with Crippen LogP contribution in [0.3, 0.4) is 0 Å². The van der Waals surface area contributed by atoms with E-state index in [9.17, 15) is 10.0 Å². The summed E-state index contributed by atoms with van der Waals surface area (Å²) in [6, 6.07) is 54.6. The van der Waals surface area contributed by atoms with Gasteiger partial charge in [-0.15, -0.1) is 6.42 Å². The molecule has 0 saturated heterocycles. The van der Waals surface area contributed by atoms with Crippen molar-refractivity contribution in [2.75, 3.05) is 0 Å². The van der Waals surface area contributed by atoms with E-state index in [-0.39, 0.29) is 22.3 Å². The van der Waals surface area contributed by atoms with E-state index in [1.54, 1.807) is 24.3 Å². The van der Waals surface area contributed by atoms with Gasteiger partial charge in [-0.3, -0.25) is 4.79 Å². The highest BCUT2D eigenvalue weighted by Gasteiger charge is 2.07. The Hall–Kier alpha value is -4.56. The van der Waals surface area contributed by atoms with E-state index < -0.39 is 0 Å². The molecule has 1 N–H and O–H groups in total. The average molecular weight is 1210 g/mol. The highest BCUT2D eigenvalue weighted by molar-refractivity contribution is 14.1. The standard InChI is InChI=1S/C15H10INO.C8H6.C7H6INO.C7H4INO.C7H5IO.3CH4/c16-13-8-6-11(7-9-13)14-10-15(18-17-14)12-4-2-1-3-5-12;1-2-8-6-4-3-5-7-8;2*8-7-3-1-6(2-4-7)5-9-10;8-7-3-1-6(5-9)2-4-7;;;/h1-10H;1,3-7H;1-5,10H;1-4H;1-5H;3*1H4/b;;9-5+;;;;;/i16-4;;3*8-4;;;. The molecule has 11 heteroatoms. The number of aromatic nitrogens is 1. The summed E-state index contributed by atoms with van der Waals surface area (Å²) in [6.45, 7) is 0. The van der Waals surface area contributed by atoms with Gasteiger partial charge in [-0.25, -0.2) is 0 Å². The molecule has 0 saturated carbocycles. The van der Waals surface area contributed by atoms with Crippen molar-refractivity contribution in [1.82, 2.24) is 5.16 Å². The number of hydrogen-bond acceptors (Lipinski definition) is 6. The number of terminal acetylenes is 1. The lowest BCUT2D eigenvalue weighted by molar-refractivity contribution is 0.112. The van der Waals surface area contributed by atoms with Crippen LogP contribution in [0.2, 0.25) is 0 Å². The Bertz CT molecular complexity index is 2280. The van der Waals surface area contributed by atoms with Crippen molar-refractivity contribution >= 4 is 103 Å². The highest BCUT2D eigenvalue weighted by atomic mass is 123. The monoisotopic (exact) mass is 1200 g/mol. The highest BCUT2D eigenvalue weighted by Crippen LogP contribution is 2.26. The van der Waals surface area contributed by atoms with E-state index in [2.05, 4.69) is 142 Å². The molecule has 0 radical (unpaired) electrons. The minimum absolute atomic E-state index is 0. The smallest absolute Gasteiger partial charge is 0.336 e. The van der Waals surface area contributed by atoms with Crippen molar-refractivity contribution < 1.29 is 14.5 Å². The number of carbonyl (C=O) groups excluding carboxylic acids is 1. The normalized spacial score (nSPS) is 8.95. The lowest BCUT2D eigenvalue weighted by atomic mass is 10.1. The maximum absolute atomic E-state index is 10.1. The Balaban J connectivity index is 0.000000718. The molecule has 0 atom stereocenters. The fourth-order valence-corrected chi connectivity index (χ4v) is 5.48. The summed E-state index contributed by atoms with van der Waals surface area (Å²) >= 11 is 8.89. The molecule has 7 aromatic rings. The SMILES string of the molecule is C.C.C.C#Cc1ccccc1.O/N=C/c1ccc([123I])cc1.O=Cc1ccc([123I])cc1.[123I]c1ccc(-c2cc(-c3ccccc3)on2)cc1.[O-][N+]#Cc1ccc([123I])cc1. The van der Waals surface area contributed by atoms with E-state index in [1.165, 1.54) is 13.4 Å². The summed E-state index contributed by atoms with van der Waals surface area (Å²) in [6.07, 6.45) is 7.34. The van der Waals surface area contributed by atoms with Crippen LogP contribution in [0, 0.1) is 37.9 Å². The quantitative estimate of drug-likeness (QED) is 0.0472. The van der Waals surface area contributed by atoms with E-state index in [0.717, 1.165) is 58.3 Å².